The normalized spacial score (nSPS) is 21.7. The minimum atomic E-state index is -0.487. The maximum atomic E-state index is 12.2. The molecule has 1 saturated heterocycles. The summed E-state index contributed by atoms with van der Waals surface area (Å²) in [6.07, 6.45) is 3.36. The molecule has 0 saturated carbocycles. The Hall–Kier alpha value is -1.60. The summed E-state index contributed by atoms with van der Waals surface area (Å²) in [5, 5.41) is 3.47. The molecule has 2 rings (SSSR count). The lowest BCUT2D eigenvalue weighted by Crippen LogP contribution is -2.40. The maximum Gasteiger partial charge on any atom is 0.410 e. The Morgan fingerprint density at radius 3 is 2.78 bits per heavy atom. The average molecular weight is 324 g/mol. The molecular formula is C16H28N4O3. The summed E-state index contributed by atoms with van der Waals surface area (Å²) in [6, 6.07) is 0.0766. The quantitative estimate of drug-likeness (QED) is 0.891. The monoisotopic (exact) mass is 324 g/mol. The van der Waals surface area contributed by atoms with Gasteiger partial charge in [0.1, 0.15) is 5.60 Å². The minimum Gasteiger partial charge on any atom is -0.444 e. The van der Waals surface area contributed by atoms with Crippen molar-refractivity contribution in [3.8, 4) is 0 Å². The van der Waals surface area contributed by atoms with E-state index in [9.17, 15) is 4.79 Å². The molecular weight excluding hydrogens is 296 g/mol. The molecule has 0 aromatic carbocycles. The molecule has 1 N–H and O–H groups in total. The van der Waals surface area contributed by atoms with E-state index in [1.807, 2.05) is 33.3 Å². The molecule has 0 spiro atoms. The number of amides is 1. The molecule has 1 aliphatic rings. The molecule has 0 bridgehead atoms. The Morgan fingerprint density at radius 1 is 1.43 bits per heavy atom. The molecule has 1 unspecified atom stereocenters. The second kappa shape index (κ2) is 7.31. The highest BCUT2D eigenvalue weighted by Gasteiger charge is 2.37. The molecule has 1 fully saturated rings. The van der Waals surface area contributed by atoms with Crippen LogP contribution in [-0.4, -0.2) is 58.5 Å². The SMILES string of the molecule is CCn1cncc1CNC1CN(C(=O)OC(C)(C)C)C[C@@H]1OC. The third kappa shape index (κ3) is 4.68. The zero-order chi connectivity index (χ0) is 17.0. The third-order valence-corrected chi connectivity index (χ3v) is 3.91. The number of aryl methyl sites for hydroxylation is 1. The number of nitrogens with one attached hydrogen (secondary N) is 1. The average Bonchev–Trinajstić information content (AvgIpc) is 3.09. The van der Waals surface area contributed by atoms with Crippen LogP contribution in [0, 0.1) is 0 Å². The van der Waals surface area contributed by atoms with Crippen molar-refractivity contribution >= 4 is 6.09 Å². The van der Waals surface area contributed by atoms with Gasteiger partial charge in [-0.2, -0.15) is 0 Å². The molecule has 7 nitrogen and oxygen atoms in total. The number of ether oxygens (including phenoxy) is 2. The lowest BCUT2D eigenvalue weighted by atomic mass is 10.2. The summed E-state index contributed by atoms with van der Waals surface area (Å²) >= 11 is 0. The first-order chi connectivity index (χ1) is 10.8. The van der Waals surface area contributed by atoms with E-state index in [1.165, 1.54) is 0 Å². The van der Waals surface area contributed by atoms with Gasteiger partial charge in [0.05, 0.1) is 30.7 Å². The van der Waals surface area contributed by atoms with Crippen molar-refractivity contribution in [2.24, 2.45) is 0 Å². The van der Waals surface area contributed by atoms with Crippen LogP contribution in [0.5, 0.6) is 0 Å². The Kier molecular flexibility index (Phi) is 5.64. The highest BCUT2D eigenvalue weighted by molar-refractivity contribution is 5.68. The largest absolute Gasteiger partial charge is 0.444 e. The summed E-state index contributed by atoms with van der Waals surface area (Å²) in [7, 11) is 1.67. The van der Waals surface area contributed by atoms with E-state index in [4.69, 9.17) is 9.47 Å². The van der Waals surface area contributed by atoms with Crippen LogP contribution in [0.15, 0.2) is 12.5 Å². The van der Waals surface area contributed by atoms with Crippen molar-refractivity contribution in [3.63, 3.8) is 0 Å². The molecule has 1 aliphatic heterocycles. The molecule has 1 amide bonds. The van der Waals surface area contributed by atoms with Crippen LogP contribution in [-0.2, 0) is 22.6 Å². The van der Waals surface area contributed by atoms with Gasteiger partial charge in [-0.25, -0.2) is 9.78 Å². The lowest BCUT2D eigenvalue weighted by Gasteiger charge is -2.24. The summed E-state index contributed by atoms with van der Waals surface area (Å²) in [4.78, 5) is 18.1. The van der Waals surface area contributed by atoms with E-state index >= 15 is 0 Å². The predicted molar refractivity (Wildman–Crippen MR) is 87.1 cm³/mol. The van der Waals surface area contributed by atoms with Gasteiger partial charge in [0.2, 0.25) is 0 Å². The zero-order valence-electron chi connectivity index (χ0n) is 14.7. The van der Waals surface area contributed by atoms with Crippen LogP contribution in [0.2, 0.25) is 0 Å². The van der Waals surface area contributed by atoms with E-state index in [0.29, 0.717) is 19.6 Å². The van der Waals surface area contributed by atoms with Gasteiger partial charge in [0.15, 0.2) is 0 Å². The first-order valence-electron chi connectivity index (χ1n) is 8.07. The predicted octanol–water partition coefficient (Wildman–Crippen LogP) is 1.63. The van der Waals surface area contributed by atoms with Gasteiger partial charge in [-0.1, -0.05) is 0 Å². The van der Waals surface area contributed by atoms with Gasteiger partial charge in [0, 0.05) is 32.9 Å². The number of methoxy groups -OCH3 is 1. The van der Waals surface area contributed by atoms with Crippen molar-refractivity contribution in [3.05, 3.63) is 18.2 Å². The van der Waals surface area contributed by atoms with Crippen LogP contribution in [0.3, 0.4) is 0 Å². The Labute approximate surface area is 138 Å². The Morgan fingerprint density at radius 2 is 2.17 bits per heavy atom. The number of rotatable bonds is 5. The second-order valence-corrected chi connectivity index (χ2v) is 6.82. The topological polar surface area (TPSA) is 68.6 Å². The first kappa shape index (κ1) is 17.7. The first-order valence-corrected chi connectivity index (χ1v) is 8.07. The third-order valence-electron chi connectivity index (χ3n) is 3.91. The minimum absolute atomic E-state index is 0.0412. The molecule has 2 heterocycles. The van der Waals surface area contributed by atoms with Crippen molar-refractivity contribution in [2.45, 2.75) is 58.5 Å². The van der Waals surface area contributed by atoms with Crippen LogP contribution in [0.1, 0.15) is 33.4 Å². The summed E-state index contributed by atoms with van der Waals surface area (Å²) in [6.45, 7) is 10.4. The number of imidazole rings is 1. The maximum absolute atomic E-state index is 12.2. The van der Waals surface area contributed by atoms with Crippen LogP contribution in [0.4, 0.5) is 4.79 Å². The van der Waals surface area contributed by atoms with Gasteiger partial charge in [-0.05, 0) is 27.7 Å². The highest BCUT2D eigenvalue weighted by Crippen LogP contribution is 2.18. The highest BCUT2D eigenvalue weighted by atomic mass is 16.6. The fourth-order valence-electron chi connectivity index (χ4n) is 2.70. The van der Waals surface area contributed by atoms with E-state index in [1.54, 1.807) is 12.0 Å². The standard InChI is InChI=1S/C16H28N4O3/c1-6-19-11-17-7-12(19)8-18-13-9-20(10-14(13)22-5)15(21)23-16(2,3)4/h7,11,13-14,18H,6,8-10H2,1-5H3/t13?,14-/m0/s1. The van der Waals surface area contributed by atoms with Gasteiger partial charge in [-0.3, -0.25) is 0 Å². The number of hydrogen-bond acceptors (Lipinski definition) is 5. The number of nitrogens with zero attached hydrogens (tertiary/aromatic N) is 3. The number of hydrogen-bond donors (Lipinski definition) is 1. The fourth-order valence-corrected chi connectivity index (χ4v) is 2.70. The van der Waals surface area contributed by atoms with Crippen molar-refractivity contribution in [1.29, 1.82) is 0 Å². The second-order valence-electron chi connectivity index (χ2n) is 6.82. The Balaban J connectivity index is 1.93. The number of aromatic nitrogens is 2. The summed E-state index contributed by atoms with van der Waals surface area (Å²) < 4.78 is 13.1. The van der Waals surface area contributed by atoms with Gasteiger partial charge >= 0.3 is 6.09 Å². The summed E-state index contributed by atoms with van der Waals surface area (Å²) in [5.74, 6) is 0. The fraction of sp³-hybridized carbons (Fsp3) is 0.750. The van der Waals surface area contributed by atoms with E-state index in [0.717, 1.165) is 12.2 Å². The number of carbonyl (C=O) groups excluding carboxylic acids is 1. The van der Waals surface area contributed by atoms with E-state index in [2.05, 4.69) is 21.8 Å². The lowest BCUT2D eigenvalue weighted by molar-refractivity contribution is 0.0252. The molecule has 2 atom stereocenters. The van der Waals surface area contributed by atoms with Gasteiger partial charge in [-0.15, -0.1) is 0 Å². The molecule has 1 aromatic heterocycles. The van der Waals surface area contributed by atoms with Crippen LogP contribution in [0.25, 0.3) is 0 Å². The molecule has 7 heteroatoms. The Bertz CT molecular complexity index is 524. The van der Waals surface area contributed by atoms with Crippen molar-refractivity contribution in [2.75, 3.05) is 20.2 Å². The zero-order valence-corrected chi connectivity index (χ0v) is 14.7. The number of carbonyl (C=O) groups is 1. The van der Waals surface area contributed by atoms with E-state index < -0.39 is 5.60 Å². The van der Waals surface area contributed by atoms with Crippen LogP contribution >= 0.6 is 0 Å². The molecule has 23 heavy (non-hydrogen) atoms. The molecule has 1 aromatic rings. The van der Waals surface area contributed by atoms with E-state index in [-0.39, 0.29) is 18.2 Å². The van der Waals surface area contributed by atoms with Crippen molar-refractivity contribution < 1.29 is 14.3 Å². The molecule has 0 aliphatic carbocycles. The van der Waals surface area contributed by atoms with Crippen molar-refractivity contribution in [1.82, 2.24) is 19.8 Å². The summed E-state index contributed by atoms with van der Waals surface area (Å²) in [5.41, 5.74) is 0.636. The molecule has 0 radical (unpaired) electrons. The van der Waals surface area contributed by atoms with Gasteiger partial charge < -0.3 is 24.3 Å². The smallest absolute Gasteiger partial charge is 0.410 e. The van der Waals surface area contributed by atoms with Crippen LogP contribution < -0.4 is 5.32 Å². The number of likely N-dealkylation sites (tertiary alicyclic amines) is 1. The molecule has 130 valence electrons. The van der Waals surface area contributed by atoms with Gasteiger partial charge in [0.25, 0.3) is 0 Å².